The summed E-state index contributed by atoms with van der Waals surface area (Å²) in [5.41, 5.74) is 5.37. The number of pyridine rings is 1. The van der Waals surface area contributed by atoms with Crippen molar-refractivity contribution in [3.63, 3.8) is 0 Å². The number of amides is 1. The SMILES string of the molecule is CCC1CCN(c2cccc(C(N)=O)n2)C(C(=O)O)C1. The molecule has 1 aliphatic heterocycles. The highest BCUT2D eigenvalue weighted by molar-refractivity contribution is 5.91. The predicted molar refractivity (Wildman–Crippen MR) is 74.5 cm³/mol. The zero-order valence-electron chi connectivity index (χ0n) is 11.5. The Kier molecular flexibility index (Phi) is 4.22. The van der Waals surface area contributed by atoms with Crippen LogP contribution in [0.4, 0.5) is 5.82 Å². The van der Waals surface area contributed by atoms with Crippen molar-refractivity contribution in [2.75, 3.05) is 11.4 Å². The molecule has 2 rings (SSSR count). The minimum atomic E-state index is -0.852. The van der Waals surface area contributed by atoms with E-state index in [1.807, 2.05) is 0 Å². The number of carboxylic acid groups (broad SMARTS) is 1. The summed E-state index contributed by atoms with van der Waals surface area (Å²) in [5, 5.41) is 9.40. The molecular formula is C14H19N3O3. The smallest absolute Gasteiger partial charge is 0.326 e. The van der Waals surface area contributed by atoms with Crippen molar-refractivity contribution in [3.8, 4) is 0 Å². The molecule has 1 aromatic rings. The van der Waals surface area contributed by atoms with Crippen molar-refractivity contribution in [1.29, 1.82) is 0 Å². The van der Waals surface area contributed by atoms with Crippen molar-refractivity contribution in [2.24, 2.45) is 11.7 Å². The monoisotopic (exact) mass is 277 g/mol. The van der Waals surface area contributed by atoms with Crippen molar-refractivity contribution < 1.29 is 14.7 Å². The van der Waals surface area contributed by atoms with Gasteiger partial charge in [0, 0.05) is 6.54 Å². The van der Waals surface area contributed by atoms with Gasteiger partial charge in [-0.25, -0.2) is 9.78 Å². The summed E-state index contributed by atoms with van der Waals surface area (Å²) < 4.78 is 0. The lowest BCUT2D eigenvalue weighted by atomic mass is 9.89. The molecule has 1 saturated heterocycles. The fourth-order valence-corrected chi connectivity index (χ4v) is 2.64. The summed E-state index contributed by atoms with van der Waals surface area (Å²) in [4.78, 5) is 28.6. The van der Waals surface area contributed by atoms with Gasteiger partial charge < -0.3 is 15.7 Å². The lowest BCUT2D eigenvalue weighted by Gasteiger charge is -2.37. The van der Waals surface area contributed by atoms with Crippen LogP contribution >= 0.6 is 0 Å². The Morgan fingerprint density at radius 2 is 2.25 bits per heavy atom. The molecule has 2 heterocycles. The number of carbonyl (C=O) groups is 2. The molecule has 0 aromatic carbocycles. The number of aromatic nitrogens is 1. The molecule has 1 fully saturated rings. The van der Waals surface area contributed by atoms with Gasteiger partial charge >= 0.3 is 5.97 Å². The average Bonchev–Trinajstić information content (AvgIpc) is 2.46. The molecule has 0 spiro atoms. The Balaban J connectivity index is 2.28. The van der Waals surface area contributed by atoms with Crippen LogP contribution in [0.25, 0.3) is 0 Å². The van der Waals surface area contributed by atoms with E-state index in [9.17, 15) is 14.7 Å². The second kappa shape index (κ2) is 5.90. The van der Waals surface area contributed by atoms with E-state index >= 15 is 0 Å². The summed E-state index contributed by atoms with van der Waals surface area (Å²) in [6.07, 6.45) is 2.52. The Morgan fingerprint density at radius 3 is 2.85 bits per heavy atom. The van der Waals surface area contributed by atoms with Gasteiger partial charge in [0.25, 0.3) is 5.91 Å². The molecule has 2 unspecified atom stereocenters. The van der Waals surface area contributed by atoms with Gasteiger partial charge in [0.2, 0.25) is 0 Å². The van der Waals surface area contributed by atoms with Crippen LogP contribution in [-0.4, -0.2) is 34.6 Å². The van der Waals surface area contributed by atoms with E-state index < -0.39 is 17.9 Å². The van der Waals surface area contributed by atoms with Crippen LogP contribution in [-0.2, 0) is 4.79 Å². The first-order valence-corrected chi connectivity index (χ1v) is 6.79. The number of carboxylic acids is 1. The molecule has 6 heteroatoms. The molecule has 1 aliphatic rings. The molecule has 1 amide bonds. The maximum atomic E-state index is 11.5. The first kappa shape index (κ1) is 14.3. The zero-order valence-corrected chi connectivity index (χ0v) is 11.5. The molecule has 20 heavy (non-hydrogen) atoms. The maximum absolute atomic E-state index is 11.5. The number of hydrogen-bond donors (Lipinski definition) is 2. The number of carbonyl (C=O) groups excluding carboxylic acids is 1. The fourth-order valence-electron chi connectivity index (χ4n) is 2.64. The summed E-state index contributed by atoms with van der Waals surface area (Å²) in [6, 6.07) is 4.33. The van der Waals surface area contributed by atoms with Crippen LogP contribution in [0.3, 0.4) is 0 Å². The van der Waals surface area contributed by atoms with E-state index in [2.05, 4.69) is 11.9 Å². The van der Waals surface area contributed by atoms with E-state index in [0.29, 0.717) is 24.7 Å². The Labute approximate surface area is 117 Å². The summed E-state index contributed by atoms with van der Waals surface area (Å²) in [7, 11) is 0. The molecule has 3 N–H and O–H groups in total. The van der Waals surface area contributed by atoms with Crippen LogP contribution in [0.5, 0.6) is 0 Å². The number of rotatable bonds is 4. The summed E-state index contributed by atoms with van der Waals surface area (Å²) >= 11 is 0. The van der Waals surface area contributed by atoms with Crippen LogP contribution in [0.15, 0.2) is 18.2 Å². The molecule has 108 valence electrons. The average molecular weight is 277 g/mol. The van der Waals surface area contributed by atoms with Gasteiger partial charge in [0.15, 0.2) is 0 Å². The summed E-state index contributed by atoms with van der Waals surface area (Å²) in [5.74, 6) is -0.536. The van der Waals surface area contributed by atoms with Crippen LogP contribution in [0, 0.1) is 5.92 Å². The molecule has 0 bridgehead atoms. The lowest BCUT2D eigenvalue weighted by Crippen LogP contribution is -2.47. The first-order valence-electron chi connectivity index (χ1n) is 6.79. The van der Waals surface area contributed by atoms with Crippen LogP contribution < -0.4 is 10.6 Å². The van der Waals surface area contributed by atoms with Crippen molar-refractivity contribution in [3.05, 3.63) is 23.9 Å². The third-order valence-corrected chi connectivity index (χ3v) is 3.85. The summed E-state index contributed by atoms with van der Waals surface area (Å²) in [6.45, 7) is 2.70. The van der Waals surface area contributed by atoms with Gasteiger partial charge in [-0.1, -0.05) is 19.4 Å². The molecule has 0 radical (unpaired) electrons. The van der Waals surface area contributed by atoms with Gasteiger partial charge in [-0.15, -0.1) is 0 Å². The second-order valence-corrected chi connectivity index (χ2v) is 5.09. The van der Waals surface area contributed by atoms with Gasteiger partial charge in [0.1, 0.15) is 17.6 Å². The third-order valence-electron chi connectivity index (χ3n) is 3.85. The number of hydrogen-bond acceptors (Lipinski definition) is 4. The molecule has 2 atom stereocenters. The van der Waals surface area contributed by atoms with E-state index in [4.69, 9.17) is 5.73 Å². The molecule has 0 aliphatic carbocycles. The first-order chi connectivity index (χ1) is 9.52. The van der Waals surface area contributed by atoms with Crippen LogP contribution in [0.1, 0.15) is 36.7 Å². The Bertz CT molecular complexity index is 518. The van der Waals surface area contributed by atoms with Crippen molar-refractivity contribution >= 4 is 17.7 Å². The number of primary amides is 1. The third kappa shape index (κ3) is 2.89. The molecular weight excluding hydrogens is 258 g/mol. The Morgan fingerprint density at radius 1 is 1.50 bits per heavy atom. The number of nitrogens with zero attached hydrogens (tertiary/aromatic N) is 2. The second-order valence-electron chi connectivity index (χ2n) is 5.09. The maximum Gasteiger partial charge on any atom is 0.326 e. The highest BCUT2D eigenvalue weighted by atomic mass is 16.4. The lowest BCUT2D eigenvalue weighted by molar-refractivity contribution is -0.139. The topological polar surface area (TPSA) is 96.5 Å². The van der Waals surface area contributed by atoms with Gasteiger partial charge in [0.05, 0.1) is 0 Å². The van der Waals surface area contributed by atoms with E-state index in [1.165, 1.54) is 6.07 Å². The minimum Gasteiger partial charge on any atom is -0.480 e. The standard InChI is InChI=1S/C14H19N3O3/c1-2-9-6-7-17(11(8-9)14(19)20)12-5-3-4-10(16-12)13(15)18/h3-5,9,11H,2,6-8H2,1H3,(H2,15,18)(H,19,20). The van der Waals surface area contributed by atoms with Crippen LogP contribution in [0.2, 0.25) is 0 Å². The zero-order chi connectivity index (χ0) is 14.7. The van der Waals surface area contributed by atoms with Gasteiger partial charge in [-0.2, -0.15) is 0 Å². The number of anilines is 1. The largest absolute Gasteiger partial charge is 0.480 e. The number of piperidine rings is 1. The van der Waals surface area contributed by atoms with E-state index in [0.717, 1.165) is 12.8 Å². The van der Waals surface area contributed by atoms with Gasteiger partial charge in [-0.05, 0) is 30.9 Å². The normalized spacial score (nSPS) is 22.6. The molecule has 0 saturated carbocycles. The molecule has 6 nitrogen and oxygen atoms in total. The molecule has 1 aromatic heterocycles. The minimum absolute atomic E-state index is 0.157. The van der Waals surface area contributed by atoms with Gasteiger partial charge in [-0.3, -0.25) is 4.79 Å². The number of nitrogens with two attached hydrogens (primary N) is 1. The Hall–Kier alpha value is -2.11. The number of aliphatic carboxylic acids is 1. The quantitative estimate of drug-likeness (QED) is 0.863. The fraction of sp³-hybridized carbons (Fsp3) is 0.500. The highest BCUT2D eigenvalue weighted by Crippen LogP contribution is 2.29. The predicted octanol–water partition coefficient (Wildman–Crippen LogP) is 1.26. The van der Waals surface area contributed by atoms with Crippen molar-refractivity contribution in [1.82, 2.24) is 4.98 Å². The highest BCUT2D eigenvalue weighted by Gasteiger charge is 2.33. The van der Waals surface area contributed by atoms with Crippen molar-refractivity contribution in [2.45, 2.75) is 32.2 Å². The van der Waals surface area contributed by atoms with E-state index in [1.54, 1.807) is 17.0 Å². The van der Waals surface area contributed by atoms with E-state index in [-0.39, 0.29) is 5.69 Å².